The van der Waals surface area contributed by atoms with Crippen molar-refractivity contribution < 1.29 is 19.1 Å². The summed E-state index contributed by atoms with van der Waals surface area (Å²) in [4.78, 5) is 29.3. The summed E-state index contributed by atoms with van der Waals surface area (Å²) >= 11 is 1.41. The molecule has 0 aliphatic carbocycles. The highest BCUT2D eigenvalue weighted by molar-refractivity contribution is 7.17. The van der Waals surface area contributed by atoms with Gasteiger partial charge in [-0.05, 0) is 73.9 Å². The molecule has 0 bridgehead atoms. The third-order valence-electron chi connectivity index (χ3n) is 6.13. The number of nitrogens with one attached hydrogen (secondary N) is 2. The smallest absolute Gasteiger partial charge is 0.261 e. The van der Waals surface area contributed by atoms with Gasteiger partial charge in [0.1, 0.15) is 13.2 Å². The number of rotatable bonds is 7. The number of thiophene rings is 1. The number of benzene rings is 2. The molecule has 35 heavy (non-hydrogen) atoms. The van der Waals surface area contributed by atoms with Gasteiger partial charge in [0, 0.05) is 41.8 Å². The monoisotopic (exact) mass is 491 g/mol. The molecule has 1 aromatic heterocycles. The number of anilines is 2. The van der Waals surface area contributed by atoms with Crippen molar-refractivity contribution in [1.29, 1.82) is 0 Å². The van der Waals surface area contributed by atoms with Gasteiger partial charge in [0.25, 0.3) is 5.91 Å². The SMILES string of the molecule is CC(CC(=O)Nc1cccc(N2CCCC2)c1)NC(=O)c1ccc(-c2ccc3c(c2)OCCO3)s1. The van der Waals surface area contributed by atoms with Gasteiger partial charge >= 0.3 is 0 Å². The normalized spacial score (nSPS) is 15.5. The van der Waals surface area contributed by atoms with Crippen molar-refractivity contribution in [1.82, 2.24) is 5.32 Å². The first-order chi connectivity index (χ1) is 17.0. The van der Waals surface area contributed by atoms with Crippen LogP contribution in [-0.4, -0.2) is 44.2 Å². The van der Waals surface area contributed by atoms with Crippen LogP contribution in [-0.2, 0) is 4.79 Å². The Morgan fingerprint density at radius 2 is 1.80 bits per heavy atom. The number of hydrogen-bond donors (Lipinski definition) is 2. The maximum atomic E-state index is 12.8. The van der Waals surface area contributed by atoms with Crippen LogP contribution in [0, 0.1) is 0 Å². The van der Waals surface area contributed by atoms with Gasteiger partial charge < -0.3 is 25.0 Å². The van der Waals surface area contributed by atoms with E-state index in [0.29, 0.717) is 18.1 Å². The molecular formula is C27H29N3O4S. The number of fused-ring (bicyclic) bond motifs is 1. The Balaban J connectivity index is 1.15. The maximum absolute atomic E-state index is 12.8. The molecule has 0 radical (unpaired) electrons. The molecular weight excluding hydrogens is 462 g/mol. The lowest BCUT2D eigenvalue weighted by atomic mass is 10.1. The van der Waals surface area contributed by atoms with Crippen LogP contribution in [0.2, 0.25) is 0 Å². The van der Waals surface area contributed by atoms with E-state index in [1.807, 2.05) is 55.5 Å². The van der Waals surface area contributed by atoms with Crippen molar-refractivity contribution in [2.45, 2.75) is 32.2 Å². The summed E-state index contributed by atoms with van der Waals surface area (Å²) in [6.45, 7) is 5.04. The van der Waals surface area contributed by atoms with Gasteiger partial charge in [0.15, 0.2) is 11.5 Å². The van der Waals surface area contributed by atoms with Gasteiger partial charge in [-0.1, -0.05) is 6.07 Å². The van der Waals surface area contributed by atoms with Crippen molar-refractivity contribution in [3.05, 3.63) is 59.5 Å². The van der Waals surface area contributed by atoms with E-state index in [4.69, 9.17) is 9.47 Å². The van der Waals surface area contributed by atoms with Crippen molar-refractivity contribution >= 4 is 34.5 Å². The Hall–Kier alpha value is -3.52. The van der Waals surface area contributed by atoms with Crippen LogP contribution in [0.5, 0.6) is 11.5 Å². The second-order valence-electron chi connectivity index (χ2n) is 8.89. The Morgan fingerprint density at radius 3 is 2.63 bits per heavy atom. The maximum Gasteiger partial charge on any atom is 0.261 e. The summed E-state index contributed by atoms with van der Waals surface area (Å²) in [5.41, 5.74) is 2.88. The molecule has 2 aliphatic heterocycles. The molecule has 3 aromatic rings. The lowest BCUT2D eigenvalue weighted by molar-refractivity contribution is -0.116. The van der Waals surface area contributed by atoms with Crippen LogP contribution in [0.3, 0.4) is 0 Å². The van der Waals surface area contributed by atoms with E-state index in [1.165, 1.54) is 24.2 Å². The summed E-state index contributed by atoms with van der Waals surface area (Å²) in [5.74, 6) is 1.15. The van der Waals surface area contributed by atoms with E-state index >= 15 is 0 Å². The van der Waals surface area contributed by atoms with E-state index < -0.39 is 0 Å². The van der Waals surface area contributed by atoms with Crippen molar-refractivity contribution in [3.63, 3.8) is 0 Å². The number of nitrogens with zero attached hydrogens (tertiary/aromatic N) is 1. The lowest BCUT2D eigenvalue weighted by Crippen LogP contribution is -2.35. The van der Waals surface area contributed by atoms with Crippen LogP contribution in [0.4, 0.5) is 11.4 Å². The molecule has 1 atom stereocenters. The van der Waals surface area contributed by atoms with E-state index in [9.17, 15) is 9.59 Å². The molecule has 1 saturated heterocycles. The largest absolute Gasteiger partial charge is 0.486 e. The third kappa shape index (κ3) is 5.59. The fraction of sp³-hybridized carbons (Fsp3) is 0.333. The Bertz CT molecular complexity index is 1220. The van der Waals surface area contributed by atoms with Gasteiger partial charge in [0.2, 0.25) is 5.91 Å². The minimum Gasteiger partial charge on any atom is -0.486 e. The number of carbonyl (C=O) groups is 2. The molecule has 3 heterocycles. The van der Waals surface area contributed by atoms with Gasteiger partial charge in [0.05, 0.1) is 4.88 Å². The summed E-state index contributed by atoms with van der Waals surface area (Å²) < 4.78 is 11.2. The van der Waals surface area contributed by atoms with E-state index in [1.54, 1.807) is 0 Å². The third-order valence-corrected chi connectivity index (χ3v) is 7.26. The Morgan fingerprint density at radius 1 is 1.00 bits per heavy atom. The first kappa shape index (κ1) is 23.2. The van der Waals surface area contributed by atoms with Gasteiger partial charge in [-0.3, -0.25) is 9.59 Å². The molecule has 2 amide bonds. The number of hydrogen-bond acceptors (Lipinski definition) is 6. The number of carbonyl (C=O) groups excluding carboxylic acids is 2. The highest BCUT2D eigenvalue weighted by Gasteiger charge is 2.18. The topological polar surface area (TPSA) is 79.9 Å². The fourth-order valence-electron chi connectivity index (χ4n) is 4.40. The van der Waals surface area contributed by atoms with Gasteiger partial charge in [-0.15, -0.1) is 11.3 Å². The van der Waals surface area contributed by atoms with Crippen LogP contribution in [0.1, 0.15) is 35.9 Å². The molecule has 182 valence electrons. The lowest BCUT2D eigenvalue weighted by Gasteiger charge is -2.19. The summed E-state index contributed by atoms with van der Waals surface area (Å²) in [6, 6.07) is 17.2. The summed E-state index contributed by atoms with van der Waals surface area (Å²) in [6.07, 6.45) is 2.60. The predicted molar refractivity (Wildman–Crippen MR) is 139 cm³/mol. The molecule has 2 N–H and O–H groups in total. The first-order valence-corrected chi connectivity index (χ1v) is 12.8. The number of ether oxygens (including phenoxy) is 2. The molecule has 2 aliphatic rings. The van der Waals surface area contributed by atoms with Crippen LogP contribution < -0.4 is 25.0 Å². The molecule has 5 rings (SSSR count). The predicted octanol–water partition coefficient (Wildman–Crippen LogP) is 4.93. The Kier molecular flexibility index (Phi) is 6.90. The molecule has 7 nitrogen and oxygen atoms in total. The van der Waals surface area contributed by atoms with Crippen molar-refractivity contribution in [2.75, 3.05) is 36.5 Å². The minimum absolute atomic E-state index is 0.125. The highest BCUT2D eigenvalue weighted by atomic mass is 32.1. The zero-order valence-electron chi connectivity index (χ0n) is 19.7. The molecule has 1 fully saturated rings. The molecule has 0 saturated carbocycles. The van der Waals surface area contributed by atoms with E-state index in [0.717, 1.165) is 46.4 Å². The summed E-state index contributed by atoms with van der Waals surface area (Å²) in [5, 5.41) is 5.91. The number of amides is 2. The quantitative estimate of drug-likeness (QED) is 0.490. The molecule has 8 heteroatoms. The van der Waals surface area contributed by atoms with Crippen LogP contribution in [0.25, 0.3) is 10.4 Å². The van der Waals surface area contributed by atoms with Crippen molar-refractivity contribution in [2.24, 2.45) is 0 Å². The minimum atomic E-state index is -0.302. The second kappa shape index (κ2) is 10.4. The molecule has 0 spiro atoms. The van der Waals surface area contributed by atoms with Crippen LogP contribution in [0.15, 0.2) is 54.6 Å². The molecule has 2 aromatic carbocycles. The fourth-order valence-corrected chi connectivity index (χ4v) is 5.31. The Labute approximate surface area is 209 Å². The first-order valence-electron chi connectivity index (χ1n) is 12.0. The second-order valence-corrected chi connectivity index (χ2v) is 9.98. The average Bonchev–Trinajstić information content (AvgIpc) is 3.56. The van der Waals surface area contributed by atoms with Crippen molar-refractivity contribution in [3.8, 4) is 21.9 Å². The zero-order chi connectivity index (χ0) is 24.2. The molecule has 1 unspecified atom stereocenters. The summed E-state index contributed by atoms with van der Waals surface area (Å²) in [7, 11) is 0. The van der Waals surface area contributed by atoms with Gasteiger partial charge in [-0.25, -0.2) is 0 Å². The van der Waals surface area contributed by atoms with Gasteiger partial charge in [-0.2, -0.15) is 0 Å². The van der Waals surface area contributed by atoms with Crippen LogP contribution >= 0.6 is 11.3 Å². The highest BCUT2D eigenvalue weighted by Crippen LogP contribution is 2.37. The van der Waals surface area contributed by atoms with E-state index in [-0.39, 0.29) is 24.3 Å². The zero-order valence-corrected chi connectivity index (χ0v) is 20.5. The average molecular weight is 492 g/mol. The standard InChI is InChI=1S/C27H29N3O4S/c1-18(15-26(31)29-20-5-4-6-21(17-20)30-11-2-3-12-30)28-27(32)25-10-9-24(35-25)19-7-8-22-23(16-19)34-14-13-33-22/h4-10,16-18H,2-3,11-15H2,1H3,(H,28,32)(H,29,31). The van der Waals surface area contributed by atoms with E-state index in [2.05, 4.69) is 21.6 Å².